The second-order valence-corrected chi connectivity index (χ2v) is 8.93. The summed E-state index contributed by atoms with van der Waals surface area (Å²) in [6.07, 6.45) is 12.8. The maximum Gasteiger partial charge on any atom is 0.211 e. The van der Waals surface area contributed by atoms with Gasteiger partial charge in [-0.1, -0.05) is 50.1 Å². The predicted molar refractivity (Wildman–Crippen MR) is 109 cm³/mol. The highest BCUT2D eigenvalue weighted by atomic mass is 35.5. The van der Waals surface area contributed by atoms with E-state index >= 15 is 0 Å². The highest BCUT2D eigenvalue weighted by Gasteiger charge is 2.30. The molecule has 0 aliphatic heterocycles. The lowest BCUT2D eigenvalue weighted by Gasteiger charge is -2.43. The van der Waals surface area contributed by atoms with E-state index in [-0.39, 0.29) is 5.43 Å². The van der Waals surface area contributed by atoms with Crippen molar-refractivity contribution in [3.8, 4) is 0 Å². The Morgan fingerprint density at radius 3 is 2.12 bits per heavy atom. The van der Waals surface area contributed by atoms with Gasteiger partial charge in [-0.05, 0) is 43.9 Å². The molecule has 0 unspecified atom stereocenters. The Hall–Kier alpha value is -1.06. The quantitative estimate of drug-likeness (QED) is 0.619. The Balaban J connectivity index is 1.79. The first kappa shape index (κ1) is 17.4. The Labute approximate surface area is 158 Å². The Kier molecular flexibility index (Phi) is 5.33. The van der Waals surface area contributed by atoms with Crippen LogP contribution in [0.4, 0.5) is 5.69 Å². The normalized spacial score (nSPS) is 20.0. The number of rotatable bonds is 3. The van der Waals surface area contributed by atoms with Gasteiger partial charge in [0, 0.05) is 32.6 Å². The van der Waals surface area contributed by atoms with E-state index in [0.29, 0.717) is 17.1 Å². The van der Waals surface area contributed by atoms with Gasteiger partial charge >= 0.3 is 0 Å². The van der Waals surface area contributed by atoms with Gasteiger partial charge in [-0.15, -0.1) is 11.3 Å². The van der Waals surface area contributed by atoms with Crippen LogP contribution in [0.25, 0.3) is 10.1 Å². The van der Waals surface area contributed by atoms with Gasteiger partial charge in [0.25, 0.3) is 0 Å². The highest BCUT2D eigenvalue weighted by Crippen LogP contribution is 2.34. The van der Waals surface area contributed by atoms with Crippen LogP contribution in [0.15, 0.2) is 28.4 Å². The van der Waals surface area contributed by atoms with E-state index in [9.17, 15) is 4.79 Å². The van der Waals surface area contributed by atoms with Gasteiger partial charge in [0.05, 0.1) is 5.69 Å². The van der Waals surface area contributed by atoms with Crippen LogP contribution in [0.2, 0.25) is 5.02 Å². The summed E-state index contributed by atoms with van der Waals surface area (Å²) in [6.45, 7) is 0. The molecule has 0 saturated heterocycles. The number of benzene rings is 1. The molecule has 0 atom stereocenters. The molecule has 0 bridgehead atoms. The molecule has 2 aromatic rings. The smallest absolute Gasteiger partial charge is 0.211 e. The van der Waals surface area contributed by atoms with E-state index < -0.39 is 0 Å². The van der Waals surface area contributed by atoms with E-state index in [0.717, 1.165) is 15.8 Å². The van der Waals surface area contributed by atoms with Gasteiger partial charge in [-0.2, -0.15) is 0 Å². The van der Waals surface area contributed by atoms with Crippen molar-refractivity contribution in [3.05, 3.63) is 38.8 Å². The van der Waals surface area contributed by atoms with E-state index in [1.54, 1.807) is 11.3 Å². The summed E-state index contributed by atoms with van der Waals surface area (Å²) < 4.78 is 1.03. The van der Waals surface area contributed by atoms with E-state index in [1.165, 1.54) is 64.2 Å². The number of nitrogens with zero attached hydrogens (tertiary/aromatic N) is 1. The van der Waals surface area contributed by atoms with Crippen molar-refractivity contribution in [1.82, 2.24) is 0 Å². The summed E-state index contributed by atoms with van der Waals surface area (Å²) in [5, 5.41) is 3.55. The molecule has 4 rings (SSSR count). The SMILES string of the molecule is O=c1c(N(C2CCCCC2)C2CCCCC2)csc2ccc(Cl)cc12. The van der Waals surface area contributed by atoms with Crippen molar-refractivity contribution in [2.24, 2.45) is 0 Å². The number of fused-ring (bicyclic) bond motifs is 1. The Bertz CT molecular complexity index is 772. The summed E-state index contributed by atoms with van der Waals surface area (Å²) in [5.74, 6) is 0. The van der Waals surface area contributed by atoms with Gasteiger partial charge < -0.3 is 4.90 Å². The lowest BCUT2D eigenvalue weighted by atomic mass is 9.88. The van der Waals surface area contributed by atoms with Gasteiger partial charge in [-0.3, -0.25) is 4.79 Å². The molecule has 2 saturated carbocycles. The molecule has 2 fully saturated rings. The molecule has 4 heteroatoms. The van der Waals surface area contributed by atoms with Crippen LogP contribution in [-0.2, 0) is 0 Å². The second-order valence-electron chi connectivity index (χ2n) is 7.58. The monoisotopic (exact) mass is 375 g/mol. The zero-order valence-corrected chi connectivity index (χ0v) is 16.2. The maximum absolute atomic E-state index is 13.3. The van der Waals surface area contributed by atoms with Crippen LogP contribution in [-0.4, -0.2) is 12.1 Å². The zero-order valence-electron chi connectivity index (χ0n) is 14.7. The third-order valence-electron chi connectivity index (χ3n) is 5.93. The van der Waals surface area contributed by atoms with Crippen LogP contribution >= 0.6 is 22.9 Å². The molecule has 0 N–H and O–H groups in total. The van der Waals surface area contributed by atoms with Crippen LogP contribution in [0.3, 0.4) is 0 Å². The van der Waals surface area contributed by atoms with Gasteiger partial charge in [0.2, 0.25) is 5.43 Å². The van der Waals surface area contributed by atoms with Crippen molar-refractivity contribution < 1.29 is 0 Å². The number of hydrogen-bond acceptors (Lipinski definition) is 3. The van der Waals surface area contributed by atoms with Crippen molar-refractivity contribution in [2.75, 3.05) is 4.90 Å². The Morgan fingerprint density at radius 1 is 0.920 bits per heavy atom. The maximum atomic E-state index is 13.3. The van der Waals surface area contributed by atoms with E-state index in [4.69, 9.17) is 11.6 Å². The Morgan fingerprint density at radius 2 is 1.52 bits per heavy atom. The summed E-state index contributed by atoms with van der Waals surface area (Å²) in [4.78, 5) is 15.9. The molecule has 134 valence electrons. The van der Waals surface area contributed by atoms with Crippen LogP contribution in [0.1, 0.15) is 64.2 Å². The molecule has 2 nitrogen and oxygen atoms in total. The first-order valence-electron chi connectivity index (χ1n) is 9.73. The summed E-state index contributed by atoms with van der Waals surface area (Å²) >= 11 is 7.85. The molecule has 0 radical (unpaired) electrons. The lowest BCUT2D eigenvalue weighted by Crippen LogP contribution is -2.47. The molecule has 25 heavy (non-hydrogen) atoms. The van der Waals surface area contributed by atoms with Crippen LogP contribution < -0.4 is 10.3 Å². The number of anilines is 1. The number of hydrogen-bond donors (Lipinski definition) is 0. The minimum atomic E-state index is 0.174. The molecule has 2 aliphatic carbocycles. The summed E-state index contributed by atoms with van der Waals surface area (Å²) in [7, 11) is 0. The average Bonchev–Trinajstić information content (AvgIpc) is 2.66. The van der Waals surface area contributed by atoms with Crippen molar-refractivity contribution in [1.29, 1.82) is 0 Å². The van der Waals surface area contributed by atoms with E-state index in [1.807, 2.05) is 18.2 Å². The molecule has 1 aromatic carbocycles. The van der Waals surface area contributed by atoms with Crippen molar-refractivity contribution in [3.63, 3.8) is 0 Å². The molecule has 2 aliphatic rings. The topological polar surface area (TPSA) is 20.3 Å². The fourth-order valence-electron chi connectivity index (χ4n) is 4.68. The molecular weight excluding hydrogens is 350 g/mol. The minimum absolute atomic E-state index is 0.174. The largest absolute Gasteiger partial charge is 0.362 e. The first-order chi connectivity index (χ1) is 12.2. The van der Waals surface area contributed by atoms with Gasteiger partial charge in [-0.25, -0.2) is 0 Å². The third-order valence-corrected chi connectivity index (χ3v) is 7.12. The van der Waals surface area contributed by atoms with Crippen molar-refractivity contribution in [2.45, 2.75) is 76.3 Å². The van der Waals surface area contributed by atoms with E-state index in [2.05, 4.69) is 10.3 Å². The third kappa shape index (κ3) is 3.59. The van der Waals surface area contributed by atoms with Gasteiger partial charge in [0.1, 0.15) is 0 Å². The highest BCUT2D eigenvalue weighted by molar-refractivity contribution is 7.16. The molecule has 1 heterocycles. The molecule has 1 aromatic heterocycles. The molecule has 0 amide bonds. The fraction of sp³-hybridized carbons (Fsp3) is 0.571. The average molecular weight is 376 g/mol. The summed E-state index contributed by atoms with van der Waals surface area (Å²) in [5.41, 5.74) is 1.10. The molecular formula is C21H26ClNOS. The fourth-order valence-corrected chi connectivity index (χ4v) is 5.75. The molecule has 0 spiro atoms. The number of halogens is 1. The lowest BCUT2D eigenvalue weighted by molar-refractivity contribution is 0.339. The van der Waals surface area contributed by atoms with Crippen LogP contribution in [0, 0.1) is 0 Å². The summed E-state index contributed by atoms with van der Waals surface area (Å²) in [6, 6.07) is 6.76. The van der Waals surface area contributed by atoms with Crippen molar-refractivity contribution >= 4 is 38.7 Å². The second kappa shape index (κ2) is 7.67. The standard InChI is InChI=1S/C21H26ClNOS/c22-15-11-12-20-18(13-15)21(24)19(14-25-20)23(16-7-3-1-4-8-16)17-9-5-2-6-10-17/h11-14,16-17H,1-10H2. The van der Waals surface area contributed by atoms with Gasteiger partial charge in [0.15, 0.2) is 0 Å². The van der Waals surface area contributed by atoms with Crippen LogP contribution in [0.5, 0.6) is 0 Å². The predicted octanol–water partition coefficient (Wildman–Crippen LogP) is 6.39. The minimum Gasteiger partial charge on any atom is -0.362 e. The zero-order chi connectivity index (χ0) is 17.2. The first-order valence-corrected chi connectivity index (χ1v) is 11.0.